The van der Waals surface area contributed by atoms with Gasteiger partial charge in [-0.25, -0.2) is 19.5 Å². The third-order valence-electron chi connectivity index (χ3n) is 2.51. The van der Waals surface area contributed by atoms with Gasteiger partial charge in [0.1, 0.15) is 22.9 Å². The van der Waals surface area contributed by atoms with Crippen LogP contribution in [0.2, 0.25) is 5.15 Å². The molecule has 0 radical (unpaired) electrons. The van der Waals surface area contributed by atoms with Gasteiger partial charge in [0.05, 0.1) is 11.9 Å². The second-order valence-electron chi connectivity index (χ2n) is 3.72. The SMILES string of the molecule is NC(=O)c1ccc2ncc(-c3cc(Cl)ncn3)n2n1. The quantitative estimate of drug-likeness (QED) is 0.701. The van der Waals surface area contributed by atoms with E-state index in [-0.39, 0.29) is 5.69 Å². The standard InChI is InChI=1S/C11H7ClN6O/c12-9-3-7(15-5-16-9)8-4-14-10-2-1-6(11(13)19)17-18(8)10/h1-5H,(H2,13,19). The number of hydrogen-bond acceptors (Lipinski definition) is 5. The topological polar surface area (TPSA) is 99.1 Å². The van der Waals surface area contributed by atoms with Gasteiger partial charge >= 0.3 is 0 Å². The Morgan fingerprint density at radius 1 is 1.26 bits per heavy atom. The maximum atomic E-state index is 11.1. The van der Waals surface area contributed by atoms with Gasteiger partial charge in [0.15, 0.2) is 5.65 Å². The molecular formula is C11H7ClN6O. The van der Waals surface area contributed by atoms with Gasteiger partial charge in [0, 0.05) is 6.07 Å². The summed E-state index contributed by atoms with van der Waals surface area (Å²) in [7, 11) is 0. The Labute approximate surface area is 112 Å². The monoisotopic (exact) mass is 274 g/mol. The number of fused-ring (bicyclic) bond motifs is 1. The molecule has 1 amide bonds. The highest BCUT2D eigenvalue weighted by Crippen LogP contribution is 2.19. The number of halogens is 1. The number of hydrogen-bond donors (Lipinski definition) is 1. The van der Waals surface area contributed by atoms with Crippen molar-refractivity contribution in [2.24, 2.45) is 5.73 Å². The molecule has 3 heterocycles. The van der Waals surface area contributed by atoms with E-state index in [0.717, 1.165) is 0 Å². The Kier molecular flexibility index (Phi) is 2.60. The van der Waals surface area contributed by atoms with Gasteiger partial charge in [-0.15, -0.1) is 0 Å². The van der Waals surface area contributed by atoms with Gasteiger partial charge in [0.2, 0.25) is 0 Å². The number of nitrogens with zero attached hydrogens (tertiary/aromatic N) is 5. The van der Waals surface area contributed by atoms with Crippen LogP contribution >= 0.6 is 11.6 Å². The number of nitrogens with two attached hydrogens (primary N) is 1. The average Bonchev–Trinajstić information content (AvgIpc) is 2.81. The molecule has 3 aromatic rings. The van der Waals surface area contributed by atoms with Crippen molar-refractivity contribution in [1.82, 2.24) is 24.6 Å². The largest absolute Gasteiger partial charge is 0.364 e. The molecule has 0 aliphatic rings. The Hall–Kier alpha value is -2.54. The zero-order valence-electron chi connectivity index (χ0n) is 9.49. The first-order valence-corrected chi connectivity index (χ1v) is 5.65. The maximum absolute atomic E-state index is 11.1. The van der Waals surface area contributed by atoms with Crippen molar-refractivity contribution in [3.05, 3.63) is 41.6 Å². The fraction of sp³-hybridized carbons (Fsp3) is 0. The molecule has 8 heteroatoms. The average molecular weight is 275 g/mol. The van der Waals surface area contributed by atoms with Crippen LogP contribution in [-0.2, 0) is 0 Å². The summed E-state index contributed by atoms with van der Waals surface area (Å²) < 4.78 is 1.48. The summed E-state index contributed by atoms with van der Waals surface area (Å²) in [5.74, 6) is -0.609. The summed E-state index contributed by atoms with van der Waals surface area (Å²) in [6.07, 6.45) is 2.93. The number of carbonyl (C=O) groups is 1. The maximum Gasteiger partial charge on any atom is 0.269 e. The molecule has 19 heavy (non-hydrogen) atoms. The van der Waals surface area contributed by atoms with Crippen LogP contribution < -0.4 is 5.73 Å². The molecule has 0 unspecified atom stereocenters. The molecule has 0 aliphatic carbocycles. The minimum absolute atomic E-state index is 0.145. The van der Waals surface area contributed by atoms with Gasteiger partial charge < -0.3 is 5.73 Å². The van der Waals surface area contributed by atoms with E-state index in [4.69, 9.17) is 17.3 Å². The first-order valence-electron chi connectivity index (χ1n) is 5.27. The first kappa shape index (κ1) is 11.5. The third-order valence-corrected chi connectivity index (χ3v) is 2.72. The van der Waals surface area contributed by atoms with Crippen molar-refractivity contribution in [2.75, 3.05) is 0 Å². The lowest BCUT2D eigenvalue weighted by molar-refractivity contribution is 0.0994. The number of imidazole rings is 1. The summed E-state index contributed by atoms with van der Waals surface area (Å²) in [5.41, 5.74) is 7.08. The van der Waals surface area contributed by atoms with E-state index in [1.54, 1.807) is 18.3 Å². The van der Waals surface area contributed by atoms with Crippen LogP contribution in [0.4, 0.5) is 0 Å². The summed E-state index contributed by atoms with van der Waals surface area (Å²) in [4.78, 5) is 23.2. The Bertz CT molecular complexity index is 784. The van der Waals surface area contributed by atoms with Crippen LogP contribution in [0.5, 0.6) is 0 Å². The van der Waals surface area contributed by atoms with Gasteiger partial charge in [-0.3, -0.25) is 4.79 Å². The molecule has 0 spiro atoms. The van der Waals surface area contributed by atoms with E-state index in [9.17, 15) is 4.79 Å². The number of carbonyl (C=O) groups excluding carboxylic acids is 1. The molecule has 7 nitrogen and oxygen atoms in total. The van der Waals surface area contributed by atoms with E-state index < -0.39 is 5.91 Å². The molecule has 0 aliphatic heterocycles. The van der Waals surface area contributed by atoms with Crippen molar-refractivity contribution in [3.8, 4) is 11.4 Å². The van der Waals surface area contributed by atoms with E-state index in [0.29, 0.717) is 22.2 Å². The fourth-order valence-corrected chi connectivity index (χ4v) is 1.80. The van der Waals surface area contributed by atoms with Gasteiger partial charge in [-0.2, -0.15) is 5.10 Å². The van der Waals surface area contributed by atoms with Crippen LogP contribution in [-0.4, -0.2) is 30.5 Å². The minimum Gasteiger partial charge on any atom is -0.364 e. The number of rotatable bonds is 2. The molecule has 0 saturated heterocycles. The normalized spacial score (nSPS) is 10.8. The molecule has 2 N–H and O–H groups in total. The van der Waals surface area contributed by atoms with Gasteiger partial charge in [0.25, 0.3) is 5.91 Å². The highest BCUT2D eigenvalue weighted by Gasteiger charge is 2.11. The predicted molar refractivity (Wildman–Crippen MR) is 67.5 cm³/mol. The van der Waals surface area contributed by atoms with Crippen molar-refractivity contribution < 1.29 is 4.79 Å². The molecule has 0 saturated carbocycles. The highest BCUT2D eigenvalue weighted by atomic mass is 35.5. The van der Waals surface area contributed by atoms with Crippen LogP contribution in [0.15, 0.2) is 30.7 Å². The zero-order chi connectivity index (χ0) is 13.4. The van der Waals surface area contributed by atoms with Crippen LogP contribution in [0.3, 0.4) is 0 Å². The van der Waals surface area contributed by atoms with E-state index in [2.05, 4.69) is 20.1 Å². The van der Waals surface area contributed by atoms with Crippen LogP contribution in [0.1, 0.15) is 10.5 Å². The van der Waals surface area contributed by atoms with Crippen LogP contribution in [0.25, 0.3) is 17.0 Å². The van der Waals surface area contributed by atoms with Crippen molar-refractivity contribution in [1.29, 1.82) is 0 Å². The smallest absolute Gasteiger partial charge is 0.269 e. The summed E-state index contributed by atoms with van der Waals surface area (Å²) in [6, 6.07) is 4.75. The minimum atomic E-state index is -0.609. The first-order chi connectivity index (χ1) is 9.15. The summed E-state index contributed by atoms with van der Waals surface area (Å²) in [6.45, 7) is 0. The third kappa shape index (κ3) is 2.00. The lowest BCUT2D eigenvalue weighted by atomic mass is 10.3. The van der Waals surface area contributed by atoms with Crippen molar-refractivity contribution in [3.63, 3.8) is 0 Å². The predicted octanol–water partition coefficient (Wildman–Crippen LogP) is 0.939. The van der Waals surface area contributed by atoms with Crippen molar-refractivity contribution >= 4 is 23.2 Å². The molecule has 3 aromatic heterocycles. The Balaban J connectivity index is 2.24. The zero-order valence-corrected chi connectivity index (χ0v) is 10.2. The van der Waals surface area contributed by atoms with E-state index in [1.807, 2.05) is 0 Å². The molecule has 94 valence electrons. The molecule has 0 fully saturated rings. The number of primary amides is 1. The Morgan fingerprint density at radius 3 is 2.84 bits per heavy atom. The second kappa shape index (κ2) is 4.29. The molecule has 0 aromatic carbocycles. The molecule has 3 rings (SSSR count). The van der Waals surface area contributed by atoms with E-state index in [1.165, 1.54) is 16.9 Å². The lowest BCUT2D eigenvalue weighted by Gasteiger charge is -2.01. The lowest BCUT2D eigenvalue weighted by Crippen LogP contribution is -2.14. The number of amides is 1. The van der Waals surface area contributed by atoms with Gasteiger partial charge in [-0.05, 0) is 12.1 Å². The second-order valence-corrected chi connectivity index (χ2v) is 4.11. The summed E-state index contributed by atoms with van der Waals surface area (Å²) in [5, 5.41) is 4.43. The summed E-state index contributed by atoms with van der Waals surface area (Å²) >= 11 is 5.82. The van der Waals surface area contributed by atoms with Gasteiger partial charge in [-0.1, -0.05) is 11.6 Å². The molecule has 0 atom stereocenters. The van der Waals surface area contributed by atoms with Crippen molar-refractivity contribution in [2.45, 2.75) is 0 Å². The molecular weight excluding hydrogens is 268 g/mol. The van der Waals surface area contributed by atoms with E-state index >= 15 is 0 Å². The highest BCUT2D eigenvalue weighted by molar-refractivity contribution is 6.29. The number of aromatic nitrogens is 5. The Morgan fingerprint density at radius 2 is 2.11 bits per heavy atom. The molecule has 0 bridgehead atoms. The van der Waals surface area contributed by atoms with Crippen LogP contribution in [0, 0.1) is 0 Å². The fourth-order valence-electron chi connectivity index (χ4n) is 1.65.